The molecule has 2 heterocycles. The summed E-state index contributed by atoms with van der Waals surface area (Å²) in [6.45, 7) is 4.63. The molecule has 16 heavy (non-hydrogen) atoms. The fourth-order valence-electron chi connectivity index (χ4n) is 1.86. The van der Waals surface area contributed by atoms with E-state index in [1.54, 1.807) is 6.20 Å². The SMILES string of the molecule is Cc1cnc(C(C)NC(=O)[C@H]2CCCN2)o1. The van der Waals surface area contributed by atoms with Crippen molar-refractivity contribution in [3.05, 3.63) is 17.8 Å². The molecule has 5 heteroatoms. The molecule has 2 N–H and O–H groups in total. The summed E-state index contributed by atoms with van der Waals surface area (Å²) in [5.74, 6) is 1.35. The predicted octanol–water partition coefficient (Wildman–Crippen LogP) is 0.912. The van der Waals surface area contributed by atoms with E-state index in [-0.39, 0.29) is 18.0 Å². The minimum absolute atomic E-state index is 0.0286. The van der Waals surface area contributed by atoms with Crippen LogP contribution in [-0.2, 0) is 4.79 Å². The highest BCUT2D eigenvalue weighted by molar-refractivity contribution is 5.82. The first-order valence-corrected chi connectivity index (χ1v) is 5.63. The van der Waals surface area contributed by atoms with E-state index in [2.05, 4.69) is 15.6 Å². The summed E-state index contributed by atoms with van der Waals surface area (Å²) in [5.41, 5.74) is 0. The molecule has 0 aromatic carbocycles. The second-order valence-electron chi connectivity index (χ2n) is 4.19. The van der Waals surface area contributed by atoms with Crippen LogP contribution in [-0.4, -0.2) is 23.5 Å². The number of oxazole rings is 1. The Labute approximate surface area is 94.6 Å². The van der Waals surface area contributed by atoms with Crippen molar-refractivity contribution in [2.75, 3.05) is 6.54 Å². The van der Waals surface area contributed by atoms with Crippen LogP contribution < -0.4 is 10.6 Å². The van der Waals surface area contributed by atoms with Crippen molar-refractivity contribution in [2.24, 2.45) is 0 Å². The van der Waals surface area contributed by atoms with Crippen LogP contribution in [0.3, 0.4) is 0 Å². The first-order valence-electron chi connectivity index (χ1n) is 5.63. The third-order valence-corrected chi connectivity index (χ3v) is 2.75. The third kappa shape index (κ3) is 2.41. The molecule has 1 fully saturated rings. The van der Waals surface area contributed by atoms with Crippen LogP contribution in [0.25, 0.3) is 0 Å². The summed E-state index contributed by atoms with van der Waals surface area (Å²) in [4.78, 5) is 15.9. The molecule has 0 radical (unpaired) electrons. The lowest BCUT2D eigenvalue weighted by Gasteiger charge is -2.14. The quantitative estimate of drug-likeness (QED) is 0.799. The first-order chi connectivity index (χ1) is 7.66. The molecular formula is C11H17N3O2. The molecule has 2 atom stereocenters. The molecule has 1 aliphatic rings. The molecule has 0 saturated carbocycles. The van der Waals surface area contributed by atoms with E-state index >= 15 is 0 Å². The van der Waals surface area contributed by atoms with E-state index in [0.29, 0.717) is 5.89 Å². The van der Waals surface area contributed by atoms with Crippen molar-refractivity contribution in [1.29, 1.82) is 0 Å². The van der Waals surface area contributed by atoms with Crippen molar-refractivity contribution in [3.8, 4) is 0 Å². The average molecular weight is 223 g/mol. The van der Waals surface area contributed by atoms with Gasteiger partial charge in [0.15, 0.2) is 0 Å². The maximum atomic E-state index is 11.8. The largest absolute Gasteiger partial charge is 0.444 e. The van der Waals surface area contributed by atoms with Gasteiger partial charge in [-0.15, -0.1) is 0 Å². The van der Waals surface area contributed by atoms with Gasteiger partial charge in [0.25, 0.3) is 0 Å². The van der Waals surface area contributed by atoms with Crippen LogP contribution in [0, 0.1) is 6.92 Å². The molecule has 0 bridgehead atoms. The molecule has 1 aromatic rings. The van der Waals surface area contributed by atoms with E-state index < -0.39 is 0 Å². The maximum Gasteiger partial charge on any atom is 0.237 e. The molecule has 1 amide bonds. The van der Waals surface area contributed by atoms with Gasteiger partial charge in [-0.3, -0.25) is 4.79 Å². The number of hydrogen-bond acceptors (Lipinski definition) is 4. The Morgan fingerprint density at radius 3 is 3.12 bits per heavy atom. The Morgan fingerprint density at radius 1 is 1.75 bits per heavy atom. The zero-order valence-corrected chi connectivity index (χ0v) is 9.62. The van der Waals surface area contributed by atoms with Gasteiger partial charge in [-0.2, -0.15) is 0 Å². The first kappa shape index (κ1) is 11.1. The van der Waals surface area contributed by atoms with E-state index in [9.17, 15) is 4.79 Å². The summed E-state index contributed by atoms with van der Waals surface area (Å²) >= 11 is 0. The second-order valence-corrected chi connectivity index (χ2v) is 4.19. The van der Waals surface area contributed by atoms with Gasteiger partial charge in [-0.1, -0.05) is 0 Å². The third-order valence-electron chi connectivity index (χ3n) is 2.75. The fourth-order valence-corrected chi connectivity index (χ4v) is 1.86. The van der Waals surface area contributed by atoms with Crippen molar-refractivity contribution in [3.63, 3.8) is 0 Å². The summed E-state index contributed by atoms with van der Waals surface area (Å²) < 4.78 is 5.36. The topological polar surface area (TPSA) is 67.2 Å². The molecular weight excluding hydrogens is 206 g/mol. The van der Waals surface area contributed by atoms with E-state index in [4.69, 9.17) is 4.42 Å². The highest BCUT2D eigenvalue weighted by atomic mass is 16.4. The summed E-state index contributed by atoms with van der Waals surface area (Å²) in [6, 6.07) is -0.234. The Kier molecular flexibility index (Phi) is 3.24. The van der Waals surface area contributed by atoms with Crippen molar-refractivity contribution in [2.45, 2.75) is 38.8 Å². The zero-order valence-electron chi connectivity index (χ0n) is 9.62. The van der Waals surface area contributed by atoms with Crippen LogP contribution in [0.1, 0.15) is 37.5 Å². The molecule has 88 valence electrons. The highest BCUT2D eigenvalue weighted by Crippen LogP contribution is 2.13. The average Bonchev–Trinajstić information content (AvgIpc) is 2.87. The monoisotopic (exact) mass is 223 g/mol. The number of amides is 1. The molecule has 0 aliphatic carbocycles. The Bertz CT molecular complexity index is 369. The number of aromatic nitrogens is 1. The smallest absolute Gasteiger partial charge is 0.237 e. The molecule has 0 spiro atoms. The molecule has 1 unspecified atom stereocenters. The Hall–Kier alpha value is -1.36. The zero-order chi connectivity index (χ0) is 11.5. The van der Waals surface area contributed by atoms with Gasteiger partial charge in [-0.25, -0.2) is 4.98 Å². The fraction of sp³-hybridized carbons (Fsp3) is 0.636. The predicted molar refractivity (Wildman–Crippen MR) is 58.8 cm³/mol. The van der Waals surface area contributed by atoms with Crippen LogP contribution in [0.2, 0.25) is 0 Å². The lowest BCUT2D eigenvalue weighted by atomic mass is 10.2. The van der Waals surface area contributed by atoms with Crippen LogP contribution in [0.4, 0.5) is 0 Å². The molecule has 1 aliphatic heterocycles. The van der Waals surface area contributed by atoms with E-state index in [1.165, 1.54) is 0 Å². The van der Waals surface area contributed by atoms with Gasteiger partial charge in [0.2, 0.25) is 11.8 Å². The van der Waals surface area contributed by atoms with Crippen molar-refractivity contribution >= 4 is 5.91 Å². The summed E-state index contributed by atoms with van der Waals surface area (Å²) in [6.07, 6.45) is 3.62. The summed E-state index contributed by atoms with van der Waals surface area (Å²) in [5, 5.41) is 6.05. The van der Waals surface area contributed by atoms with Gasteiger partial charge < -0.3 is 15.1 Å². The van der Waals surface area contributed by atoms with E-state index in [0.717, 1.165) is 25.1 Å². The van der Waals surface area contributed by atoms with Gasteiger partial charge in [0.05, 0.1) is 12.2 Å². The Balaban J connectivity index is 1.91. The lowest BCUT2D eigenvalue weighted by molar-refractivity contribution is -0.123. The number of carbonyl (C=O) groups excluding carboxylic acids is 1. The Morgan fingerprint density at radius 2 is 2.56 bits per heavy atom. The van der Waals surface area contributed by atoms with Crippen LogP contribution in [0.5, 0.6) is 0 Å². The number of carbonyl (C=O) groups is 1. The molecule has 1 aromatic heterocycles. The standard InChI is InChI=1S/C11H17N3O2/c1-7-6-13-11(16-7)8(2)14-10(15)9-4-3-5-12-9/h6,8-9,12H,3-5H2,1-2H3,(H,14,15)/t8?,9-/m1/s1. The number of nitrogens with zero attached hydrogens (tertiary/aromatic N) is 1. The maximum absolute atomic E-state index is 11.8. The van der Waals surface area contributed by atoms with Crippen molar-refractivity contribution < 1.29 is 9.21 Å². The van der Waals surface area contributed by atoms with Gasteiger partial charge in [0.1, 0.15) is 11.8 Å². The lowest BCUT2D eigenvalue weighted by Crippen LogP contribution is -2.41. The highest BCUT2D eigenvalue weighted by Gasteiger charge is 2.24. The van der Waals surface area contributed by atoms with Gasteiger partial charge >= 0.3 is 0 Å². The molecule has 1 saturated heterocycles. The minimum atomic E-state index is -0.177. The van der Waals surface area contributed by atoms with E-state index in [1.807, 2.05) is 13.8 Å². The molecule has 5 nitrogen and oxygen atoms in total. The normalized spacial score (nSPS) is 22.0. The summed E-state index contributed by atoms with van der Waals surface area (Å²) in [7, 11) is 0. The van der Waals surface area contributed by atoms with Gasteiger partial charge in [0, 0.05) is 0 Å². The number of hydrogen-bond donors (Lipinski definition) is 2. The second kappa shape index (κ2) is 4.65. The molecule has 2 rings (SSSR count). The van der Waals surface area contributed by atoms with Crippen LogP contribution >= 0.6 is 0 Å². The minimum Gasteiger partial charge on any atom is -0.444 e. The number of aryl methyl sites for hydroxylation is 1. The van der Waals surface area contributed by atoms with Gasteiger partial charge in [-0.05, 0) is 33.2 Å². The van der Waals surface area contributed by atoms with Crippen molar-refractivity contribution in [1.82, 2.24) is 15.6 Å². The van der Waals surface area contributed by atoms with Crippen LogP contribution in [0.15, 0.2) is 10.6 Å². The number of rotatable bonds is 3. The number of nitrogens with one attached hydrogen (secondary N) is 2.